The molecule has 0 radical (unpaired) electrons. The van der Waals surface area contributed by atoms with Crippen LogP contribution in [0.3, 0.4) is 0 Å². The average molecular weight is 359 g/mol. The number of fused-ring (bicyclic) bond motifs is 5. The van der Waals surface area contributed by atoms with Crippen molar-refractivity contribution < 1.29 is 9.47 Å². The van der Waals surface area contributed by atoms with E-state index in [0.717, 1.165) is 61.1 Å². The number of ether oxygens (including phenoxy) is 2. The summed E-state index contributed by atoms with van der Waals surface area (Å²) < 4.78 is 12.1. The molecule has 2 nitrogen and oxygen atoms in total. The highest BCUT2D eigenvalue weighted by molar-refractivity contribution is 5.14. The summed E-state index contributed by atoms with van der Waals surface area (Å²) in [5.41, 5.74) is 0.454. The van der Waals surface area contributed by atoms with Crippen LogP contribution in [0.2, 0.25) is 0 Å². The van der Waals surface area contributed by atoms with E-state index in [1.807, 2.05) is 0 Å². The molecule has 5 aliphatic rings. The van der Waals surface area contributed by atoms with Crippen LogP contribution in [0.15, 0.2) is 12.7 Å². The van der Waals surface area contributed by atoms with Crippen molar-refractivity contribution in [2.45, 2.75) is 77.4 Å². The van der Waals surface area contributed by atoms with Gasteiger partial charge in [0.1, 0.15) is 0 Å². The van der Waals surface area contributed by atoms with Gasteiger partial charge >= 0.3 is 0 Å². The van der Waals surface area contributed by atoms with Crippen LogP contribution in [0.5, 0.6) is 0 Å². The third kappa shape index (κ3) is 2.43. The van der Waals surface area contributed by atoms with E-state index >= 15 is 0 Å². The molecule has 0 N–H and O–H groups in total. The second-order valence-corrected chi connectivity index (χ2v) is 10.6. The van der Waals surface area contributed by atoms with Crippen LogP contribution >= 0.6 is 0 Å². The highest BCUT2D eigenvalue weighted by Crippen LogP contribution is 2.66. The summed E-state index contributed by atoms with van der Waals surface area (Å²) in [6, 6.07) is 0. The lowest BCUT2D eigenvalue weighted by atomic mass is 9.48. The highest BCUT2D eigenvalue weighted by Gasteiger charge is 2.59. The van der Waals surface area contributed by atoms with Crippen LogP contribution in [-0.2, 0) is 9.47 Å². The molecule has 1 spiro atoms. The van der Waals surface area contributed by atoms with Gasteiger partial charge in [0.15, 0.2) is 5.79 Å². The molecule has 7 atom stereocenters. The van der Waals surface area contributed by atoms with Gasteiger partial charge in [-0.05, 0) is 91.8 Å². The van der Waals surface area contributed by atoms with E-state index in [2.05, 4.69) is 26.5 Å². The molecule has 4 saturated carbocycles. The molecule has 0 aromatic carbocycles. The Kier molecular flexibility index (Phi) is 4.33. The lowest BCUT2D eigenvalue weighted by Crippen LogP contribution is -2.51. The Balaban J connectivity index is 1.37. The molecule has 0 amide bonds. The van der Waals surface area contributed by atoms with Gasteiger partial charge < -0.3 is 9.47 Å². The zero-order chi connectivity index (χ0) is 17.9. The van der Waals surface area contributed by atoms with Crippen LogP contribution in [0.25, 0.3) is 0 Å². The van der Waals surface area contributed by atoms with Gasteiger partial charge in [-0.25, -0.2) is 0 Å². The first kappa shape index (κ1) is 17.7. The van der Waals surface area contributed by atoms with E-state index in [1.54, 1.807) is 0 Å². The fraction of sp³-hybridized carbons (Fsp3) is 0.917. The van der Waals surface area contributed by atoms with Crippen molar-refractivity contribution in [3.63, 3.8) is 0 Å². The number of rotatable bonds is 2. The van der Waals surface area contributed by atoms with E-state index in [4.69, 9.17) is 9.47 Å². The Morgan fingerprint density at radius 1 is 0.885 bits per heavy atom. The van der Waals surface area contributed by atoms with Crippen LogP contribution in [0, 0.1) is 46.8 Å². The van der Waals surface area contributed by atoms with Crippen LogP contribution < -0.4 is 0 Å². The first-order chi connectivity index (χ1) is 12.6. The van der Waals surface area contributed by atoms with E-state index in [0.29, 0.717) is 5.41 Å². The van der Waals surface area contributed by atoms with Gasteiger partial charge in [0.05, 0.1) is 13.2 Å². The minimum Gasteiger partial charge on any atom is -0.348 e. The van der Waals surface area contributed by atoms with E-state index in [1.165, 1.54) is 51.4 Å². The lowest BCUT2D eigenvalue weighted by molar-refractivity contribution is -0.209. The van der Waals surface area contributed by atoms with Crippen LogP contribution in [0.1, 0.15) is 71.6 Å². The van der Waals surface area contributed by atoms with Crippen LogP contribution in [0.4, 0.5) is 0 Å². The molecule has 5 fully saturated rings. The molecule has 0 bridgehead atoms. The molecule has 0 aromatic rings. The van der Waals surface area contributed by atoms with Crippen molar-refractivity contribution in [1.82, 2.24) is 0 Å². The molecule has 146 valence electrons. The van der Waals surface area contributed by atoms with E-state index in [9.17, 15) is 0 Å². The molecular weight excluding hydrogens is 320 g/mol. The van der Waals surface area contributed by atoms with Crippen molar-refractivity contribution in [3.8, 4) is 0 Å². The fourth-order valence-electron chi connectivity index (χ4n) is 8.71. The van der Waals surface area contributed by atoms with Crippen molar-refractivity contribution >= 4 is 0 Å². The summed E-state index contributed by atoms with van der Waals surface area (Å²) in [7, 11) is 0. The summed E-state index contributed by atoms with van der Waals surface area (Å²) in [6.45, 7) is 10.9. The van der Waals surface area contributed by atoms with Gasteiger partial charge in [-0.2, -0.15) is 0 Å². The Morgan fingerprint density at radius 2 is 1.65 bits per heavy atom. The minimum absolute atomic E-state index is 0.191. The molecule has 1 aliphatic heterocycles. The van der Waals surface area contributed by atoms with Crippen LogP contribution in [-0.4, -0.2) is 19.0 Å². The topological polar surface area (TPSA) is 18.5 Å². The van der Waals surface area contributed by atoms with Crippen molar-refractivity contribution in [2.24, 2.45) is 46.8 Å². The van der Waals surface area contributed by atoms with Crippen molar-refractivity contribution in [3.05, 3.63) is 12.7 Å². The average Bonchev–Trinajstić information content (AvgIpc) is 3.26. The molecule has 7 unspecified atom stereocenters. The predicted octanol–water partition coefficient (Wildman–Crippen LogP) is 5.82. The highest BCUT2D eigenvalue weighted by atomic mass is 16.7. The number of allylic oxidation sites excluding steroid dienone is 1. The van der Waals surface area contributed by atoms with Gasteiger partial charge in [-0.1, -0.05) is 19.9 Å². The van der Waals surface area contributed by atoms with Gasteiger partial charge in [0.25, 0.3) is 0 Å². The molecular formula is C24H38O2. The quantitative estimate of drug-likeness (QED) is 0.579. The summed E-state index contributed by atoms with van der Waals surface area (Å²) in [5, 5.41) is 0. The maximum absolute atomic E-state index is 6.07. The Morgan fingerprint density at radius 3 is 2.38 bits per heavy atom. The monoisotopic (exact) mass is 358 g/mol. The normalized spacial score (nSPS) is 49.7. The van der Waals surface area contributed by atoms with Crippen molar-refractivity contribution in [2.75, 3.05) is 13.2 Å². The summed E-state index contributed by atoms with van der Waals surface area (Å²) in [5.74, 6) is 6.12. The van der Waals surface area contributed by atoms with Gasteiger partial charge in [0, 0.05) is 12.8 Å². The first-order valence-corrected chi connectivity index (χ1v) is 11.5. The summed E-state index contributed by atoms with van der Waals surface area (Å²) in [6.07, 6.45) is 14.7. The van der Waals surface area contributed by atoms with Gasteiger partial charge in [-0.15, -0.1) is 6.58 Å². The molecule has 1 saturated heterocycles. The standard InChI is InChI=1S/C24H38O2/c1-4-23-11-9-19-18-10-12-24(25-13-14-26-24)15-17(18)5-6-20(19)22(23)8-7-21(23)16(2)3/h4,16-22H,1,5-15H2,2-3H3. The molecule has 0 aromatic heterocycles. The zero-order valence-electron chi connectivity index (χ0n) is 16.9. The Labute approximate surface area is 160 Å². The Hall–Kier alpha value is -0.340. The second-order valence-electron chi connectivity index (χ2n) is 10.6. The predicted molar refractivity (Wildman–Crippen MR) is 105 cm³/mol. The van der Waals surface area contributed by atoms with Crippen molar-refractivity contribution in [1.29, 1.82) is 0 Å². The molecule has 1 heterocycles. The van der Waals surface area contributed by atoms with E-state index < -0.39 is 0 Å². The summed E-state index contributed by atoms with van der Waals surface area (Å²) in [4.78, 5) is 0. The second kappa shape index (κ2) is 6.34. The van der Waals surface area contributed by atoms with Gasteiger partial charge in [-0.3, -0.25) is 0 Å². The molecule has 4 aliphatic carbocycles. The van der Waals surface area contributed by atoms with E-state index in [-0.39, 0.29) is 5.79 Å². The SMILES string of the molecule is C=CC12CCC3C4CCC5(CC4CCC3C1CCC2C(C)C)OCCO5. The largest absolute Gasteiger partial charge is 0.348 e. The third-order valence-electron chi connectivity index (χ3n) is 9.60. The number of hydrogen-bond acceptors (Lipinski definition) is 2. The fourth-order valence-corrected chi connectivity index (χ4v) is 8.71. The number of hydrogen-bond donors (Lipinski definition) is 0. The zero-order valence-corrected chi connectivity index (χ0v) is 16.9. The molecule has 5 rings (SSSR count). The van der Waals surface area contributed by atoms with Gasteiger partial charge in [0.2, 0.25) is 0 Å². The summed E-state index contributed by atoms with van der Waals surface area (Å²) >= 11 is 0. The molecule has 2 heteroatoms. The minimum atomic E-state index is -0.191. The smallest absolute Gasteiger partial charge is 0.168 e. The third-order valence-corrected chi connectivity index (χ3v) is 9.60. The lowest BCUT2D eigenvalue weighted by Gasteiger charge is -2.57. The molecule has 26 heavy (non-hydrogen) atoms. The maximum atomic E-state index is 6.07. The Bertz CT molecular complexity index is 548. The maximum Gasteiger partial charge on any atom is 0.168 e. The first-order valence-electron chi connectivity index (χ1n) is 11.5.